The van der Waals surface area contributed by atoms with Gasteiger partial charge < -0.3 is 26.0 Å². The lowest BCUT2D eigenvalue weighted by atomic mass is 9.87. The number of fused-ring (bicyclic) bond motifs is 1. The molecular weight excluding hydrogens is 494 g/mol. The van der Waals surface area contributed by atoms with E-state index in [0.29, 0.717) is 28.6 Å². The lowest BCUT2D eigenvalue weighted by Gasteiger charge is -2.32. The molecule has 1 amide bonds. The molecule has 5 rings (SSSR count). The van der Waals surface area contributed by atoms with Crippen LogP contribution in [-0.2, 0) is 18.3 Å². The summed E-state index contributed by atoms with van der Waals surface area (Å²) < 4.78 is 5.32. The molecule has 2 aromatic heterocycles. The van der Waals surface area contributed by atoms with Gasteiger partial charge in [-0.25, -0.2) is 4.98 Å². The molecule has 1 aliphatic rings. The van der Waals surface area contributed by atoms with Crippen molar-refractivity contribution in [1.29, 1.82) is 0 Å². The van der Waals surface area contributed by atoms with Crippen molar-refractivity contribution >= 4 is 23.4 Å². The number of nitrogens with two attached hydrogens (primary N) is 1. The van der Waals surface area contributed by atoms with Gasteiger partial charge in [0.2, 0.25) is 5.95 Å². The fourth-order valence-corrected chi connectivity index (χ4v) is 4.08. The zero-order chi connectivity index (χ0) is 28.2. The van der Waals surface area contributed by atoms with E-state index in [1.807, 2.05) is 77.1 Å². The second-order valence-corrected chi connectivity index (χ2v) is 11.1. The van der Waals surface area contributed by atoms with Crippen LogP contribution in [0.2, 0.25) is 0 Å². The molecule has 0 atom stereocenters. The summed E-state index contributed by atoms with van der Waals surface area (Å²) >= 11 is 0. The lowest BCUT2D eigenvalue weighted by molar-refractivity contribution is 0.0897. The summed E-state index contributed by atoms with van der Waals surface area (Å²) in [5.74, 6) is 1.29. The molecule has 2 aromatic carbocycles. The third-order valence-corrected chi connectivity index (χ3v) is 6.08. The Kier molecular flexibility index (Phi) is 7.96. The molecule has 1 aliphatic heterocycles. The monoisotopic (exact) mass is 529 g/mol. The van der Waals surface area contributed by atoms with E-state index in [1.54, 1.807) is 6.07 Å². The fraction of sp³-hybridized carbons (Fsp3) is 0.345. The van der Waals surface area contributed by atoms with Gasteiger partial charge in [0.1, 0.15) is 11.4 Å². The third kappa shape index (κ3) is 6.97. The fourth-order valence-electron chi connectivity index (χ4n) is 4.08. The Labute approximate surface area is 228 Å². The van der Waals surface area contributed by atoms with Crippen molar-refractivity contribution < 1.29 is 14.4 Å². The summed E-state index contributed by atoms with van der Waals surface area (Å²) in [6, 6.07) is 15.6. The van der Waals surface area contributed by atoms with Gasteiger partial charge in [-0.15, -0.1) is 0 Å². The van der Waals surface area contributed by atoms with E-state index < -0.39 is 0 Å². The van der Waals surface area contributed by atoms with Crippen LogP contribution in [0.3, 0.4) is 0 Å². The average molecular weight is 530 g/mol. The van der Waals surface area contributed by atoms with Crippen molar-refractivity contribution in [3.63, 3.8) is 0 Å². The Morgan fingerprint density at radius 3 is 2.49 bits per heavy atom. The molecule has 4 aromatic rings. The highest BCUT2D eigenvalue weighted by Gasteiger charge is 2.30. The second-order valence-electron chi connectivity index (χ2n) is 11.1. The van der Waals surface area contributed by atoms with Crippen molar-refractivity contribution in [1.82, 2.24) is 25.4 Å². The van der Waals surface area contributed by atoms with Crippen LogP contribution in [0.1, 0.15) is 61.9 Å². The number of carbonyl (C=O) groups excluding carboxylic acids is 1. The molecule has 204 valence electrons. The van der Waals surface area contributed by atoms with Crippen LogP contribution in [0, 0.1) is 0 Å². The molecule has 39 heavy (non-hydrogen) atoms. The van der Waals surface area contributed by atoms with Crippen LogP contribution in [0.4, 0.5) is 17.5 Å². The van der Waals surface area contributed by atoms with E-state index in [2.05, 4.69) is 30.7 Å². The first-order valence-electron chi connectivity index (χ1n) is 12.8. The molecule has 0 fully saturated rings. The quantitative estimate of drug-likeness (QED) is 0.294. The molecular formula is C29H35N7O3. The largest absolute Gasteiger partial charge is 0.396 e. The molecule has 0 saturated carbocycles. The van der Waals surface area contributed by atoms with Crippen LogP contribution in [-0.4, -0.2) is 43.3 Å². The number of amides is 1. The third-order valence-electron chi connectivity index (χ3n) is 6.08. The van der Waals surface area contributed by atoms with E-state index in [1.165, 1.54) is 11.8 Å². The first-order valence-corrected chi connectivity index (χ1v) is 12.8. The maximum Gasteiger partial charge on any atom is 0.263 e. The zero-order valence-corrected chi connectivity index (χ0v) is 22.9. The number of aliphatic hydroxyl groups excluding tert-OH is 1. The van der Waals surface area contributed by atoms with Crippen LogP contribution in [0.25, 0.3) is 11.5 Å². The van der Waals surface area contributed by atoms with Crippen molar-refractivity contribution in [3.8, 4) is 11.5 Å². The number of nitrogens with zero attached hydrogens (tertiary/aromatic N) is 4. The standard InChI is InChI=1S/C21H25N7O2.C8H10O/c1-20(2,3)18-26-17(30-28-18)14-10-23-19(25-15(14)22)24-12-7-6-11-9-21(4,5)27-16(29)13(11)8-12;9-7-6-8-4-2-1-3-5-8/h6-8,10H,9H2,1-5H3,(H,27,29)(H3,22,23,24,25);1-5,9H,6-7H2. The SMILES string of the molecule is CC1(C)Cc2ccc(Nc3ncc(-c4nc(C(C)(C)C)no4)c(N)n3)cc2C(=O)N1.OCCc1ccccc1. The Hall–Kier alpha value is -4.31. The summed E-state index contributed by atoms with van der Waals surface area (Å²) in [7, 11) is 0. The number of aliphatic hydroxyl groups is 1. The molecule has 10 heteroatoms. The summed E-state index contributed by atoms with van der Waals surface area (Å²) in [6.07, 6.45) is 3.08. The number of carbonyl (C=O) groups is 1. The first kappa shape index (κ1) is 27.7. The number of benzene rings is 2. The number of hydrogen-bond donors (Lipinski definition) is 4. The molecule has 0 aliphatic carbocycles. The first-order chi connectivity index (χ1) is 18.4. The van der Waals surface area contributed by atoms with Gasteiger partial charge in [-0.1, -0.05) is 62.3 Å². The number of nitrogen functional groups attached to an aromatic ring is 1. The Bertz CT molecular complexity index is 1440. The molecule has 0 spiro atoms. The van der Waals surface area contributed by atoms with E-state index in [0.717, 1.165) is 18.4 Å². The number of aromatic nitrogens is 4. The molecule has 0 unspecified atom stereocenters. The van der Waals surface area contributed by atoms with Crippen molar-refractivity contribution in [3.05, 3.63) is 77.2 Å². The van der Waals surface area contributed by atoms with E-state index in [4.69, 9.17) is 15.4 Å². The smallest absolute Gasteiger partial charge is 0.263 e. The topological polar surface area (TPSA) is 152 Å². The highest BCUT2D eigenvalue weighted by Crippen LogP contribution is 2.29. The van der Waals surface area contributed by atoms with Gasteiger partial charge in [-0.3, -0.25) is 4.79 Å². The van der Waals surface area contributed by atoms with Crippen LogP contribution in [0.5, 0.6) is 0 Å². The minimum absolute atomic E-state index is 0.0910. The molecule has 10 nitrogen and oxygen atoms in total. The normalized spacial score (nSPS) is 14.1. The van der Waals surface area contributed by atoms with Gasteiger partial charge in [0.15, 0.2) is 5.82 Å². The highest BCUT2D eigenvalue weighted by molar-refractivity contribution is 5.98. The van der Waals surface area contributed by atoms with Crippen molar-refractivity contribution in [2.24, 2.45) is 0 Å². The van der Waals surface area contributed by atoms with Gasteiger partial charge in [0.05, 0.1) is 0 Å². The van der Waals surface area contributed by atoms with Gasteiger partial charge in [-0.2, -0.15) is 9.97 Å². The van der Waals surface area contributed by atoms with Crippen LogP contribution < -0.4 is 16.4 Å². The Balaban J connectivity index is 0.000000333. The molecule has 0 saturated heterocycles. The molecule has 3 heterocycles. The van der Waals surface area contributed by atoms with Gasteiger partial charge in [-0.05, 0) is 49.9 Å². The Morgan fingerprint density at radius 1 is 1.10 bits per heavy atom. The van der Waals surface area contributed by atoms with Crippen molar-refractivity contribution in [2.45, 2.75) is 58.4 Å². The molecule has 0 radical (unpaired) electrons. The van der Waals surface area contributed by atoms with Crippen molar-refractivity contribution in [2.75, 3.05) is 17.7 Å². The zero-order valence-electron chi connectivity index (χ0n) is 22.9. The maximum absolute atomic E-state index is 12.4. The molecule has 5 N–H and O–H groups in total. The Morgan fingerprint density at radius 2 is 1.85 bits per heavy atom. The van der Waals surface area contributed by atoms with Gasteiger partial charge in [0, 0.05) is 35.0 Å². The number of hydrogen-bond acceptors (Lipinski definition) is 9. The summed E-state index contributed by atoms with van der Waals surface area (Å²) in [5.41, 5.74) is 9.62. The predicted molar refractivity (Wildman–Crippen MR) is 151 cm³/mol. The second kappa shape index (κ2) is 11.2. The number of anilines is 3. The van der Waals surface area contributed by atoms with Gasteiger partial charge in [0.25, 0.3) is 11.8 Å². The van der Waals surface area contributed by atoms with E-state index in [-0.39, 0.29) is 35.2 Å². The average Bonchev–Trinajstić information content (AvgIpc) is 3.36. The van der Waals surface area contributed by atoms with Crippen LogP contribution in [0.15, 0.2) is 59.3 Å². The summed E-state index contributed by atoms with van der Waals surface area (Å²) in [5, 5.41) is 18.6. The van der Waals surface area contributed by atoms with Crippen LogP contribution >= 0.6 is 0 Å². The lowest BCUT2D eigenvalue weighted by Crippen LogP contribution is -2.49. The van der Waals surface area contributed by atoms with Gasteiger partial charge >= 0.3 is 0 Å². The summed E-state index contributed by atoms with van der Waals surface area (Å²) in [6.45, 7) is 10.2. The minimum Gasteiger partial charge on any atom is -0.396 e. The van der Waals surface area contributed by atoms with E-state index in [9.17, 15) is 4.79 Å². The number of rotatable bonds is 5. The minimum atomic E-state index is -0.256. The molecule has 0 bridgehead atoms. The predicted octanol–water partition coefficient (Wildman–Crippen LogP) is 4.44. The highest BCUT2D eigenvalue weighted by atomic mass is 16.5. The maximum atomic E-state index is 12.4. The summed E-state index contributed by atoms with van der Waals surface area (Å²) in [4.78, 5) is 25.4. The van der Waals surface area contributed by atoms with E-state index >= 15 is 0 Å². The number of nitrogens with one attached hydrogen (secondary N) is 2.